The van der Waals surface area contributed by atoms with Crippen LogP contribution in [0.4, 0.5) is 5.82 Å². The molecule has 0 unspecified atom stereocenters. The monoisotopic (exact) mass is 255 g/mol. The number of hydrogen-bond donors (Lipinski definition) is 1. The van der Waals surface area contributed by atoms with Gasteiger partial charge in [-0.25, -0.2) is 9.97 Å². The fourth-order valence-electron chi connectivity index (χ4n) is 2.24. The fraction of sp³-hybridized carbons (Fsp3) is 0.333. The van der Waals surface area contributed by atoms with E-state index < -0.39 is 0 Å². The molecule has 0 bridgehead atoms. The van der Waals surface area contributed by atoms with E-state index in [1.165, 1.54) is 0 Å². The molecule has 19 heavy (non-hydrogen) atoms. The second-order valence-electron chi connectivity index (χ2n) is 4.67. The van der Waals surface area contributed by atoms with Gasteiger partial charge in [0.1, 0.15) is 12.1 Å². The van der Waals surface area contributed by atoms with E-state index in [1.807, 2.05) is 36.4 Å². The Balaban J connectivity index is 1.69. The standard InChI is InChI=1S/C15H17N3O/c1-2-5-12(6-3-1)14-9-15(18-11-17-14)16-10-13-7-4-8-19-13/h1-3,5-6,9,11,13H,4,7-8,10H2,(H,16,17,18)/t13-/m0/s1. The van der Waals surface area contributed by atoms with Crippen molar-refractivity contribution in [2.24, 2.45) is 0 Å². The van der Waals surface area contributed by atoms with E-state index in [0.29, 0.717) is 6.10 Å². The molecule has 0 radical (unpaired) electrons. The lowest BCUT2D eigenvalue weighted by Crippen LogP contribution is -2.18. The molecule has 98 valence electrons. The molecule has 4 heteroatoms. The van der Waals surface area contributed by atoms with Gasteiger partial charge in [0.25, 0.3) is 0 Å². The summed E-state index contributed by atoms with van der Waals surface area (Å²) in [5.74, 6) is 0.851. The molecule has 4 nitrogen and oxygen atoms in total. The minimum atomic E-state index is 0.315. The van der Waals surface area contributed by atoms with Crippen LogP contribution < -0.4 is 5.32 Å². The Morgan fingerprint density at radius 3 is 2.89 bits per heavy atom. The summed E-state index contributed by atoms with van der Waals surface area (Å²) in [5, 5.41) is 3.32. The van der Waals surface area contributed by atoms with Crippen molar-refractivity contribution in [3.8, 4) is 11.3 Å². The van der Waals surface area contributed by atoms with Gasteiger partial charge in [0.15, 0.2) is 0 Å². The molecule has 1 saturated heterocycles. The quantitative estimate of drug-likeness (QED) is 0.912. The van der Waals surface area contributed by atoms with Gasteiger partial charge in [-0.2, -0.15) is 0 Å². The molecule has 2 aromatic rings. The first-order valence-electron chi connectivity index (χ1n) is 6.65. The number of aromatic nitrogens is 2. The summed E-state index contributed by atoms with van der Waals surface area (Å²) in [5.41, 5.74) is 2.04. The Hall–Kier alpha value is -1.94. The molecular weight excluding hydrogens is 238 g/mol. The van der Waals surface area contributed by atoms with E-state index in [-0.39, 0.29) is 0 Å². The van der Waals surface area contributed by atoms with Crippen molar-refractivity contribution in [3.63, 3.8) is 0 Å². The molecule has 3 rings (SSSR count). The van der Waals surface area contributed by atoms with Crippen molar-refractivity contribution >= 4 is 5.82 Å². The van der Waals surface area contributed by atoms with Crippen LogP contribution >= 0.6 is 0 Å². The lowest BCUT2D eigenvalue weighted by Gasteiger charge is -2.11. The fourth-order valence-corrected chi connectivity index (χ4v) is 2.24. The Bertz CT molecular complexity index is 524. The highest BCUT2D eigenvalue weighted by Crippen LogP contribution is 2.18. The zero-order valence-electron chi connectivity index (χ0n) is 10.7. The molecule has 0 aliphatic carbocycles. The van der Waals surface area contributed by atoms with E-state index in [9.17, 15) is 0 Å². The summed E-state index contributed by atoms with van der Waals surface area (Å²) in [7, 11) is 0. The first-order valence-corrected chi connectivity index (χ1v) is 6.65. The van der Waals surface area contributed by atoms with Gasteiger partial charge in [-0.15, -0.1) is 0 Å². The number of hydrogen-bond acceptors (Lipinski definition) is 4. The van der Waals surface area contributed by atoms with Gasteiger partial charge in [-0.1, -0.05) is 30.3 Å². The van der Waals surface area contributed by atoms with Gasteiger partial charge in [0.2, 0.25) is 0 Å². The topological polar surface area (TPSA) is 47.0 Å². The van der Waals surface area contributed by atoms with Crippen LogP contribution in [0.1, 0.15) is 12.8 Å². The van der Waals surface area contributed by atoms with E-state index in [1.54, 1.807) is 6.33 Å². The largest absolute Gasteiger partial charge is 0.376 e. The summed E-state index contributed by atoms with van der Waals surface area (Å²) >= 11 is 0. The summed E-state index contributed by atoms with van der Waals surface area (Å²) < 4.78 is 5.58. The lowest BCUT2D eigenvalue weighted by molar-refractivity contribution is 0.120. The second kappa shape index (κ2) is 5.80. The Morgan fingerprint density at radius 2 is 2.11 bits per heavy atom. The predicted molar refractivity (Wildman–Crippen MR) is 74.9 cm³/mol. The van der Waals surface area contributed by atoms with Crippen LogP contribution in [0, 0.1) is 0 Å². The average Bonchev–Trinajstić information content (AvgIpc) is 3.00. The van der Waals surface area contributed by atoms with Gasteiger partial charge in [-0.05, 0) is 12.8 Å². The van der Waals surface area contributed by atoms with E-state index in [0.717, 1.165) is 43.1 Å². The number of nitrogens with zero attached hydrogens (tertiary/aromatic N) is 2. The first kappa shape index (κ1) is 12.1. The molecule has 1 atom stereocenters. The van der Waals surface area contributed by atoms with Crippen LogP contribution in [0.25, 0.3) is 11.3 Å². The number of anilines is 1. The molecule has 1 fully saturated rings. The van der Waals surface area contributed by atoms with Gasteiger partial charge in [-0.3, -0.25) is 0 Å². The van der Waals surface area contributed by atoms with E-state index in [4.69, 9.17) is 4.74 Å². The molecule has 1 aliphatic heterocycles. The summed E-state index contributed by atoms with van der Waals surface area (Å²) in [6.45, 7) is 1.69. The normalized spacial score (nSPS) is 18.4. The maximum Gasteiger partial charge on any atom is 0.130 e. The maximum absolute atomic E-state index is 5.58. The van der Waals surface area contributed by atoms with Gasteiger partial charge >= 0.3 is 0 Å². The van der Waals surface area contributed by atoms with Crippen molar-refractivity contribution in [1.29, 1.82) is 0 Å². The molecule has 1 aromatic carbocycles. The molecular formula is C15H17N3O. The first-order chi connectivity index (χ1) is 9.42. The number of benzene rings is 1. The smallest absolute Gasteiger partial charge is 0.130 e. The van der Waals surface area contributed by atoms with Crippen LogP contribution in [-0.4, -0.2) is 29.2 Å². The van der Waals surface area contributed by atoms with Crippen LogP contribution in [0.3, 0.4) is 0 Å². The van der Waals surface area contributed by atoms with E-state index in [2.05, 4.69) is 15.3 Å². The molecule has 0 saturated carbocycles. The van der Waals surface area contributed by atoms with Gasteiger partial charge in [0, 0.05) is 24.8 Å². The summed E-state index contributed by atoms with van der Waals surface area (Å²) in [6.07, 6.45) is 4.20. The number of nitrogens with one attached hydrogen (secondary N) is 1. The SMILES string of the molecule is c1ccc(-c2cc(NC[C@@H]3CCCO3)ncn2)cc1. The summed E-state index contributed by atoms with van der Waals surface area (Å²) in [4.78, 5) is 8.56. The van der Waals surface area contributed by atoms with Crippen LogP contribution in [0.5, 0.6) is 0 Å². The van der Waals surface area contributed by atoms with Gasteiger partial charge in [0.05, 0.1) is 11.8 Å². The Kier molecular flexibility index (Phi) is 3.70. The third-order valence-electron chi connectivity index (χ3n) is 3.27. The van der Waals surface area contributed by atoms with Crippen molar-refractivity contribution < 1.29 is 4.74 Å². The minimum absolute atomic E-state index is 0.315. The van der Waals surface area contributed by atoms with Gasteiger partial charge < -0.3 is 10.1 Å². The van der Waals surface area contributed by atoms with Crippen molar-refractivity contribution in [3.05, 3.63) is 42.7 Å². The Labute approximate surface area is 112 Å². The zero-order valence-corrected chi connectivity index (χ0v) is 10.7. The van der Waals surface area contributed by atoms with Crippen molar-refractivity contribution in [2.75, 3.05) is 18.5 Å². The minimum Gasteiger partial charge on any atom is -0.376 e. The highest BCUT2D eigenvalue weighted by Gasteiger charge is 2.15. The predicted octanol–water partition coefficient (Wildman–Crippen LogP) is 2.73. The average molecular weight is 255 g/mol. The zero-order chi connectivity index (χ0) is 12.9. The molecule has 1 aromatic heterocycles. The highest BCUT2D eigenvalue weighted by atomic mass is 16.5. The molecule has 0 amide bonds. The third kappa shape index (κ3) is 3.09. The molecule has 1 N–H and O–H groups in total. The molecule has 1 aliphatic rings. The van der Waals surface area contributed by atoms with Crippen molar-refractivity contribution in [2.45, 2.75) is 18.9 Å². The van der Waals surface area contributed by atoms with Crippen molar-refractivity contribution in [1.82, 2.24) is 9.97 Å². The van der Waals surface area contributed by atoms with Crippen LogP contribution in [-0.2, 0) is 4.74 Å². The molecule has 2 heterocycles. The number of rotatable bonds is 4. The lowest BCUT2D eigenvalue weighted by atomic mass is 10.1. The Morgan fingerprint density at radius 1 is 1.21 bits per heavy atom. The highest BCUT2D eigenvalue weighted by molar-refractivity contribution is 5.61. The summed E-state index contributed by atoms with van der Waals surface area (Å²) in [6, 6.07) is 12.1. The van der Waals surface area contributed by atoms with E-state index >= 15 is 0 Å². The van der Waals surface area contributed by atoms with Crippen LogP contribution in [0.15, 0.2) is 42.7 Å². The van der Waals surface area contributed by atoms with Crippen LogP contribution in [0.2, 0.25) is 0 Å². The molecule has 0 spiro atoms. The second-order valence-corrected chi connectivity index (χ2v) is 4.67. The number of ether oxygens (including phenoxy) is 1. The maximum atomic E-state index is 5.58. The third-order valence-corrected chi connectivity index (χ3v) is 3.27.